The zero-order valence-electron chi connectivity index (χ0n) is 10.6. The molecule has 0 saturated carbocycles. The molecule has 3 atom stereocenters. The van der Waals surface area contributed by atoms with E-state index in [-0.39, 0.29) is 17.9 Å². The Bertz CT molecular complexity index is 332. The molecule has 2 N–H and O–H groups in total. The average Bonchev–Trinajstić information content (AvgIpc) is 2.58. The number of likely N-dealkylation sites (tertiary alicyclic amines) is 2. The Morgan fingerprint density at radius 1 is 1.35 bits per heavy atom. The summed E-state index contributed by atoms with van der Waals surface area (Å²) < 4.78 is 0. The fraction of sp³-hybridized carbons (Fsp3) is 0.833. The first-order chi connectivity index (χ1) is 8.04. The minimum atomic E-state index is -0.253. The van der Waals surface area contributed by atoms with Crippen molar-refractivity contribution in [2.45, 2.75) is 38.3 Å². The summed E-state index contributed by atoms with van der Waals surface area (Å²) in [5, 5.41) is 0. The molecule has 0 aromatic carbocycles. The van der Waals surface area contributed by atoms with Crippen molar-refractivity contribution in [1.82, 2.24) is 9.80 Å². The van der Waals surface area contributed by atoms with Gasteiger partial charge in [0, 0.05) is 19.6 Å². The highest BCUT2D eigenvalue weighted by atomic mass is 16.2. The van der Waals surface area contributed by atoms with Gasteiger partial charge in [-0.15, -0.1) is 0 Å². The Labute approximate surface area is 102 Å². The van der Waals surface area contributed by atoms with Crippen molar-refractivity contribution in [2.75, 3.05) is 20.1 Å². The van der Waals surface area contributed by atoms with E-state index in [1.54, 1.807) is 7.05 Å². The highest BCUT2D eigenvalue weighted by molar-refractivity contribution is 6.05. The summed E-state index contributed by atoms with van der Waals surface area (Å²) in [4.78, 5) is 27.0. The van der Waals surface area contributed by atoms with Gasteiger partial charge in [-0.05, 0) is 32.2 Å². The van der Waals surface area contributed by atoms with Crippen LogP contribution in [0.25, 0.3) is 0 Å². The van der Waals surface area contributed by atoms with Gasteiger partial charge in [-0.2, -0.15) is 0 Å². The second kappa shape index (κ2) is 4.74. The van der Waals surface area contributed by atoms with Crippen LogP contribution in [0.5, 0.6) is 0 Å². The Morgan fingerprint density at radius 2 is 2.06 bits per heavy atom. The van der Waals surface area contributed by atoms with Crippen molar-refractivity contribution in [1.29, 1.82) is 0 Å². The predicted octanol–water partition coefficient (Wildman–Crippen LogP) is -0.197. The minimum absolute atomic E-state index is 0.0560. The van der Waals surface area contributed by atoms with Crippen LogP contribution in [0, 0.1) is 5.92 Å². The van der Waals surface area contributed by atoms with Crippen LogP contribution in [0.4, 0.5) is 0 Å². The molecule has 0 radical (unpaired) electrons. The maximum absolute atomic E-state index is 12.0. The fourth-order valence-corrected chi connectivity index (χ4v) is 2.83. The van der Waals surface area contributed by atoms with Crippen molar-refractivity contribution < 1.29 is 9.59 Å². The van der Waals surface area contributed by atoms with Crippen LogP contribution in [-0.2, 0) is 9.59 Å². The Kier molecular flexibility index (Phi) is 3.49. The first-order valence-corrected chi connectivity index (χ1v) is 6.30. The van der Waals surface area contributed by atoms with Crippen LogP contribution >= 0.6 is 0 Å². The molecule has 5 nitrogen and oxygen atoms in total. The molecule has 2 aliphatic heterocycles. The molecule has 2 aliphatic rings. The molecule has 3 unspecified atom stereocenters. The van der Waals surface area contributed by atoms with E-state index in [0.717, 1.165) is 19.4 Å². The van der Waals surface area contributed by atoms with Gasteiger partial charge in [-0.25, -0.2) is 0 Å². The van der Waals surface area contributed by atoms with Crippen LogP contribution in [0.2, 0.25) is 0 Å². The molecule has 2 amide bonds. The van der Waals surface area contributed by atoms with Gasteiger partial charge in [-0.1, -0.05) is 0 Å². The normalized spacial score (nSPS) is 35.7. The van der Waals surface area contributed by atoms with E-state index in [0.29, 0.717) is 24.9 Å². The minimum Gasteiger partial charge on any atom is -0.330 e. The largest absolute Gasteiger partial charge is 0.330 e. The van der Waals surface area contributed by atoms with Gasteiger partial charge < -0.3 is 5.73 Å². The number of carbonyl (C=O) groups is 2. The Hall–Kier alpha value is -0.940. The van der Waals surface area contributed by atoms with Crippen LogP contribution in [0.3, 0.4) is 0 Å². The van der Waals surface area contributed by atoms with Crippen molar-refractivity contribution in [3.05, 3.63) is 0 Å². The standard InChI is InChI=1S/C12H21N3O2/c1-8-3-4-9(6-13)7-15(8)10-5-11(16)14(2)12(10)17/h8-10H,3-7,13H2,1-2H3. The third-order valence-electron chi connectivity index (χ3n) is 4.12. The first kappa shape index (κ1) is 12.5. The average molecular weight is 239 g/mol. The molecule has 2 rings (SSSR count). The highest BCUT2D eigenvalue weighted by Gasteiger charge is 2.42. The van der Waals surface area contributed by atoms with Crippen LogP contribution < -0.4 is 5.73 Å². The third-order valence-corrected chi connectivity index (χ3v) is 4.12. The maximum Gasteiger partial charge on any atom is 0.246 e. The summed E-state index contributed by atoms with van der Waals surface area (Å²) >= 11 is 0. The number of nitrogens with zero attached hydrogens (tertiary/aromatic N) is 2. The van der Waals surface area contributed by atoms with Gasteiger partial charge in [-0.3, -0.25) is 19.4 Å². The number of hydrogen-bond donors (Lipinski definition) is 1. The fourth-order valence-electron chi connectivity index (χ4n) is 2.83. The van der Waals surface area contributed by atoms with Gasteiger partial charge in [0.15, 0.2) is 0 Å². The number of imide groups is 1. The molecule has 96 valence electrons. The number of hydrogen-bond acceptors (Lipinski definition) is 4. The summed E-state index contributed by atoms with van der Waals surface area (Å²) in [6.45, 7) is 3.63. The van der Waals surface area contributed by atoms with Crippen LogP contribution in [0.15, 0.2) is 0 Å². The van der Waals surface area contributed by atoms with Crippen molar-refractivity contribution >= 4 is 11.8 Å². The first-order valence-electron chi connectivity index (χ1n) is 6.30. The van der Waals surface area contributed by atoms with Crippen molar-refractivity contribution in [3.63, 3.8) is 0 Å². The maximum atomic E-state index is 12.0. The van der Waals surface area contributed by atoms with E-state index in [1.165, 1.54) is 4.90 Å². The van der Waals surface area contributed by atoms with Crippen molar-refractivity contribution in [3.8, 4) is 0 Å². The van der Waals surface area contributed by atoms with Crippen LogP contribution in [-0.4, -0.2) is 53.8 Å². The Balaban J connectivity index is 2.10. The zero-order chi connectivity index (χ0) is 12.6. The molecule has 17 heavy (non-hydrogen) atoms. The SMILES string of the molecule is CC1CCC(CN)CN1C1CC(=O)N(C)C1=O. The number of nitrogens with two attached hydrogens (primary N) is 1. The van der Waals surface area contributed by atoms with Gasteiger partial charge in [0.25, 0.3) is 0 Å². The summed E-state index contributed by atoms with van der Waals surface area (Å²) in [6, 6.07) is 0.114. The zero-order valence-corrected chi connectivity index (χ0v) is 10.6. The molecular formula is C12H21N3O2. The topological polar surface area (TPSA) is 66.6 Å². The summed E-state index contributed by atoms with van der Waals surface area (Å²) in [5.41, 5.74) is 5.71. The summed E-state index contributed by atoms with van der Waals surface area (Å²) in [5.74, 6) is 0.335. The number of rotatable bonds is 2. The number of piperidine rings is 1. The lowest BCUT2D eigenvalue weighted by Crippen LogP contribution is -2.51. The monoisotopic (exact) mass is 239 g/mol. The second-order valence-corrected chi connectivity index (χ2v) is 5.24. The lowest BCUT2D eigenvalue weighted by Gasteiger charge is -2.40. The van der Waals surface area contributed by atoms with Crippen LogP contribution in [0.1, 0.15) is 26.2 Å². The molecule has 2 fully saturated rings. The van der Waals surface area contributed by atoms with Crippen molar-refractivity contribution in [2.24, 2.45) is 11.7 Å². The molecule has 0 aromatic rings. The summed E-state index contributed by atoms with van der Waals surface area (Å²) in [6.07, 6.45) is 2.51. The number of likely N-dealkylation sites (N-methyl/N-ethyl adjacent to an activating group) is 1. The van der Waals surface area contributed by atoms with Gasteiger partial charge in [0.2, 0.25) is 11.8 Å². The molecule has 0 aromatic heterocycles. The molecule has 0 bridgehead atoms. The summed E-state index contributed by atoms with van der Waals surface area (Å²) in [7, 11) is 1.57. The molecule has 0 aliphatic carbocycles. The van der Waals surface area contributed by atoms with E-state index in [1.807, 2.05) is 0 Å². The van der Waals surface area contributed by atoms with Gasteiger partial charge in [0.05, 0.1) is 12.5 Å². The van der Waals surface area contributed by atoms with Gasteiger partial charge in [0.1, 0.15) is 0 Å². The third kappa shape index (κ3) is 2.21. The number of amides is 2. The van der Waals surface area contributed by atoms with E-state index in [9.17, 15) is 9.59 Å². The smallest absolute Gasteiger partial charge is 0.246 e. The number of carbonyl (C=O) groups excluding carboxylic acids is 2. The molecular weight excluding hydrogens is 218 g/mol. The molecule has 2 heterocycles. The lowest BCUT2D eigenvalue weighted by atomic mass is 9.92. The molecule has 0 spiro atoms. The Morgan fingerprint density at radius 3 is 2.59 bits per heavy atom. The van der Waals surface area contributed by atoms with E-state index >= 15 is 0 Å². The van der Waals surface area contributed by atoms with E-state index < -0.39 is 0 Å². The predicted molar refractivity (Wildman–Crippen MR) is 64.1 cm³/mol. The quantitative estimate of drug-likeness (QED) is 0.678. The molecule has 5 heteroatoms. The highest BCUT2D eigenvalue weighted by Crippen LogP contribution is 2.27. The lowest BCUT2D eigenvalue weighted by molar-refractivity contribution is -0.138. The van der Waals surface area contributed by atoms with E-state index in [2.05, 4.69) is 11.8 Å². The van der Waals surface area contributed by atoms with E-state index in [4.69, 9.17) is 5.73 Å². The second-order valence-electron chi connectivity index (χ2n) is 5.24. The molecule has 2 saturated heterocycles. The van der Waals surface area contributed by atoms with Gasteiger partial charge >= 0.3 is 0 Å².